The van der Waals surface area contributed by atoms with Crippen molar-refractivity contribution in [3.8, 4) is 0 Å². The van der Waals surface area contributed by atoms with Crippen molar-refractivity contribution in [2.45, 2.75) is 19.4 Å². The second-order valence-corrected chi connectivity index (χ2v) is 3.20. The van der Waals surface area contributed by atoms with Crippen molar-refractivity contribution in [1.82, 2.24) is 9.97 Å². The number of alkyl halides is 1. The molecule has 0 radical (unpaired) electrons. The molecule has 0 spiro atoms. The SMILES string of the molecule is Cc1nc(C[C@@H](O)CCl)c([N+](=O)[O-])[nH]1. The van der Waals surface area contributed by atoms with Gasteiger partial charge in [-0.15, -0.1) is 11.6 Å². The van der Waals surface area contributed by atoms with Crippen LogP contribution in [0.25, 0.3) is 0 Å². The molecule has 7 heteroatoms. The molecule has 2 N–H and O–H groups in total. The highest BCUT2D eigenvalue weighted by Gasteiger charge is 2.20. The van der Waals surface area contributed by atoms with E-state index in [4.69, 9.17) is 11.6 Å². The number of hydrogen-bond donors (Lipinski definition) is 2. The van der Waals surface area contributed by atoms with E-state index in [0.29, 0.717) is 5.82 Å². The van der Waals surface area contributed by atoms with Crippen LogP contribution in [-0.2, 0) is 6.42 Å². The topological polar surface area (TPSA) is 92.1 Å². The van der Waals surface area contributed by atoms with Crippen molar-refractivity contribution in [3.63, 3.8) is 0 Å². The van der Waals surface area contributed by atoms with E-state index in [0.717, 1.165) is 0 Å². The third-order valence-electron chi connectivity index (χ3n) is 1.66. The number of nitro groups is 1. The summed E-state index contributed by atoms with van der Waals surface area (Å²) in [6.45, 7) is 1.61. The first kappa shape index (κ1) is 10.9. The Labute approximate surface area is 85.1 Å². The van der Waals surface area contributed by atoms with Crippen molar-refractivity contribution >= 4 is 17.4 Å². The number of aromatic nitrogens is 2. The van der Waals surface area contributed by atoms with Gasteiger partial charge in [0.15, 0.2) is 5.82 Å². The predicted molar refractivity (Wildman–Crippen MR) is 50.4 cm³/mol. The zero-order chi connectivity index (χ0) is 10.7. The van der Waals surface area contributed by atoms with Gasteiger partial charge in [0.2, 0.25) is 0 Å². The normalized spacial score (nSPS) is 12.8. The maximum absolute atomic E-state index is 10.5. The maximum atomic E-state index is 10.5. The monoisotopic (exact) mass is 219 g/mol. The van der Waals surface area contributed by atoms with Gasteiger partial charge in [0.1, 0.15) is 5.69 Å². The largest absolute Gasteiger partial charge is 0.391 e. The molecule has 0 unspecified atom stereocenters. The van der Waals surface area contributed by atoms with Gasteiger partial charge >= 0.3 is 5.82 Å². The van der Waals surface area contributed by atoms with Crippen LogP contribution in [-0.4, -0.2) is 32.0 Å². The van der Waals surface area contributed by atoms with Crippen LogP contribution >= 0.6 is 11.6 Å². The van der Waals surface area contributed by atoms with Gasteiger partial charge in [-0.05, 0) is 4.92 Å². The van der Waals surface area contributed by atoms with Crippen LogP contribution in [0.3, 0.4) is 0 Å². The molecule has 1 rings (SSSR count). The van der Waals surface area contributed by atoms with E-state index in [9.17, 15) is 15.2 Å². The molecule has 0 saturated carbocycles. The van der Waals surface area contributed by atoms with E-state index in [1.165, 1.54) is 0 Å². The van der Waals surface area contributed by atoms with Crippen LogP contribution in [0.15, 0.2) is 0 Å². The number of hydrogen-bond acceptors (Lipinski definition) is 4. The first-order chi connectivity index (χ1) is 6.54. The summed E-state index contributed by atoms with van der Waals surface area (Å²) >= 11 is 5.38. The van der Waals surface area contributed by atoms with E-state index in [1.807, 2.05) is 0 Å². The quantitative estimate of drug-likeness (QED) is 0.444. The number of nitrogens with zero attached hydrogens (tertiary/aromatic N) is 2. The van der Waals surface area contributed by atoms with Gasteiger partial charge in [-0.3, -0.25) is 0 Å². The van der Waals surface area contributed by atoms with Gasteiger partial charge < -0.3 is 15.2 Å². The van der Waals surface area contributed by atoms with Gasteiger partial charge in [-0.25, -0.2) is 9.97 Å². The molecule has 0 aliphatic heterocycles. The highest BCUT2D eigenvalue weighted by molar-refractivity contribution is 6.18. The summed E-state index contributed by atoms with van der Waals surface area (Å²) in [5.41, 5.74) is 0.237. The van der Waals surface area contributed by atoms with E-state index < -0.39 is 11.0 Å². The number of H-pyrrole nitrogens is 1. The lowest BCUT2D eigenvalue weighted by Gasteiger charge is -2.02. The van der Waals surface area contributed by atoms with Gasteiger partial charge in [-0.2, -0.15) is 0 Å². The minimum absolute atomic E-state index is 0.0308. The fraction of sp³-hybridized carbons (Fsp3) is 0.571. The fourth-order valence-electron chi connectivity index (χ4n) is 1.10. The van der Waals surface area contributed by atoms with E-state index in [1.54, 1.807) is 6.92 Å². The Balaban J connectivity index is 2.89. The number of halogens is 1. The molecule has 0 amide bonds. The number of aliphatic hydroxyl groups is 1. The van der Waals surface area contributed by atoms with Crippen LogP contribution in [0.5, 0.6) is 0 Å². The molecule has 14 heavy (non-hydrogen) atoms. The molecule has 1 atom stereocenters. The summed E-state index contributed by atoms with van der Waals surface area (Å²) in [5, 5.41) is 19.7. The number of nitrogens with one attached hydrogen (secondary N) is 1. The number of aromatic amines is 1. The summed E-state index contributed by atoms with van der Waals surface area (Å²) in [7, 11) is 0. The molecule has 0 bridgehead atoms. The van der Waals surface area contributed by atoms with Crippen molar-refractivity contribution in [2.24, 2.45) is 0 Å². The molecule has 1 heterocycles. The van der Waals surface area contributed by atoms with Crippen LogP contribution < -0.4 is 0 Å². The van der Waals surface area contributed by atoms with Crippen molar-refractivity contribution in [3.05, 3.63) is 21.6 Å². The molecule has 0 aliphatic rings. The minimum Gasteiger partial charge on any atom is -0.391 e. The van der Waals surface area contributed by atoms with Gasteiger partial charge in [-0.1, -0.05) is 0 Å². The molecule has 1 aromatic heterocycles. The second-order valence-electron chi connectivity index (χ2n) is 2.89. The summed E-state index contributed by atoms with van der Waals surface area (Å²) in [4.78, 5) is 16.4. The Kier molecular flexibility index (Phi) is 3.43. The van der Waals surface area contributed by atoms with Gasteiger partial charge in [0.05, 0.1) is 6.10 Å². The van der Waals surface area contributed by atoms with Crippen molar-refractivity contribution in [2.75, 3.05) is 5.88 Å². The second kappa shape index (κ2) is 4.39. The average molecular weight is 220 g/mol. The highest BCUT2D eigenvalue weighted by atomic mass is 35.5. The number of aliphatic hydroxyl groups excluding tert-OH is 1. The third kappa shape index (κ3) is 2.43. The first-order valence-electron chi connectivity index (χ1n) is 3.98. The number of aryl methyl sites for hydroxylation is 1. The van der Waals surface area contributed by atoms with E-state index in [2.05, 4.69) is 9.97 Å². The first-order valence-corrected chi connectivity index (χ1v) is 4.52. The zero-order valence-electron chi connectivity index (χ0n) is 7.53. The molecule has 0 saturated heterocycles. The third-order valence-corrected chi connectivity index (χ3v) is 2.02. The minimum atomic E-state index is -0.807. The van der Waals surface area contributed by atoms with E-state index in [-0.39, 0.29) is 23.8 Å². The van der Waals surface area contributed by atoms with Crippen LogP contribution in [0.2, 0.25) is 0 Å². The Morgan fingerprint density at radius 3 is 2.93 bits per heavy atom. The van der Waals surface area contributed by atoms with E-state index >= 15 is 0 Å². The molecular formula is C7H10ClN3O3. The smallest absolute Gasteiger partial charge is 0.343 e. The maximum Gasteiger partial charge on any atom is 0.343 e. The Hall–Kier alpha value is -1.14. The lowest BCUT2D eigenvalue weighted by molar-refractivity contribution is -0.390. The predicted octanol–water partition coefficient (Wildman–Crippen LogP) is 0.769. The van der Waals surface area contributed by atoms with Crippen LogP contribution in [0.1, 0.15) is 11.5 Å². The molecule has 6 nitrogen and oxygen atoms in total. The summed E-state index contributed by atoms with van der Waals surface area (Å²) < 4.78 is 0. The Bertz CT molecular complexity index is 339. The van der Waals surface area contributed by atoms with Gasteiger partial charge in [0.25, 0.3) is 0 Å². The number of imidazole rings is 1. The summed E-state index contributed by atoms with van der Waals surface area (Å²) in [6.07, 6.45) is -0.720. The van der Waals surface area contributed by atoms with Gasteiger partial charge in [0, 0.05) is 19.2 Å². The number of rotatable bonds is 4. The summed E-state index contributed by atoms with van der Waals surface area (Å²) in [6, 6.07) is 0. The molecule has 0 aromatic carbocycles. The molecule has 1 aromatic rings. The molecule has 0 aliphatic carbocycles. The standard InChI is InChI=1S/C7H10ClN3O3/c1-4-9-6(2-5(12)3-8)7(10-4)11(13)14/h5,12H,2-3H2,1H3,(H,9,10)/t5-/m1/s1. The fourth-order valence-corrected chi connectivity index (χ4v) is 1.21. The summed E-state index contributed by atoms with van der Waals surface area (Å²) in [5.74, 6) is 0.309. The highest BCUT2D eigenvalue weighted by Crippen LogP contribution is 2.16. The van der Waals surface area contributed by atoms with Crippen LogP contribution in [0, 0.1) is 17.0 Å². The lowest BCUT2D eigenvalue weighted by atomic mass is 10.2. The van der Waals surface area contributed by atoms with Crippen molar-refractivity contribution in [1.29, 1.82) is 0 Å². The zero-order valence-corrected chi connectivity index (χ0v) is 8.28. The molecular weight excluding hydrogens is 210 g/mol. The van der Waals surface area contributed by atoms with Crippen LogP contribution in [0.4, 0.5) is 5.82 Å². The lowest BCUT2D eigenvalue weighted by Crippen LogP contribution is -2.13. The molecule has 0 fully saturated rings. The molecule has 78 valence electrons. The average Bonchev–Trinajstić information content (AvgIpc) is 2.46. The Morgan fingerprint density at radius 2 is 2.43 bits per heavy atom. The van der Waals surface area contributed by atoms with Crippen molar-refractivity contribution < 1.29 is 10.0 Å². The Morgan fingerprint density at radius 1 is 1.79 bits per heavy atom.